The predicted octanol–water partition coefficient (Wildman–Crippen LogP) is 1.67. The zero-order valence-corrected chi connectivity index (χ0v) is 11.2. The Morgan fingerprint density at radius 1 is 1.39 bits per heavy atom. The number of nitrogens with one attached hydrogen (secondary N) is 1. The van der Waals surface area contributed by atoms with Crippen LogP contribution in [0, 0.1) is 0 Å². The molecule has 2 rings (SSSR count). The maximum absolute atomic E-state index is 11.6. The van der Waals surface area contributed by atoms with E-state index < -0.39 is 0 Å². The van der Waals surface area contributed by atoms with Gasteiger partial charge >= 0.3 is 0 Å². The zero-order chi connectivity index (χ0) is 12.8. The van der Waals surface area contributed by atoms with Crippen LogP contribution in [0.3, 0.4) is 0 Å². The Balaban J connectivity index is 1.70. The van der Waals surface area contributed by atoms with Crippen LogP contribution in [-0.4, -0.2) is 27.7 Å². The molecule has 94 valence electrons. The molecule has 1 aromatic carbocycles. The van der Waals surface area contributed by atoms with Gasteiger partial charge in [0.25, 0.3) is 5.91 Å². The predicted molar refractivity (Wildman–Crippen MR) is 75.6 cm³/mol. The summed E-state index contributed by atoms with van der Waals surface area (Å²) in [5, 5.41) is 2.83. The molecule has 0 aliphatic carbocycles. The molecule has 0 radical (unpaired) electrons. The Kier molecular flexibility index (Phi) is 4.83. The van der Waals surface area contributed by atoms with Gasteiger partial charge in [-0.1, -0.05) is 53.9 Å². The lowest BCUT2D eigenvalue weighted by Crippen LogP contribution is -2.24. The number of aliphatic imine (C=N–C) groups is 1. The van der Waals surface area contributed by atoms with Gasteiger partial charge in [-0.15, -0.1) is 0 Å². The molecule has 0 saturated carbocycles. The minimum Gasteiger partial charge on any atom is -0.351 e. The third-order valence-electron chi connectivity index (χ3n) is 2.19. The van der Waals surface area contributed by atoms with Crippen molar-refractivity contribution in [2.75, 3.05) is 11.5 Å². The third-order valence-corrected chi connectivity index (χ3v) is 4.38. The van der Waals surface area contributed by atoms with E-state index >= 15 is 0 Å². The number of amides is 2. The van der Waals surface area contributed by atoms with Crippen LogP contribution in [0.4, 0.5) is 0 Å². The Bertz CT molecular complexity index is 474. The van der Waals surface area contributed by atoms with Gasteiger partial charge in [-0.2, -0.15) is 4.99 Å². The Morgan fingerprint density at radius 3 is 2.83 bits per heavy atom. The molecule has 1 N–H and O–H groups in total. The first-order valence-corrected chi connectivity index (χ1v) is 7.39. The maximum Gasteiger partial charge on any atom is 0.257 e. The molecular weight excluding hydrogens is 268 g/mol. The van der Waals surface area contributed by atoms with Gasteiger partial charge in [0, 0.05) is 6.54 Å². The summed E-state index contributed by atoms with van der Waals surface area (Å²) in [6.07, 6.45) is 0. The number of carbonyl (C=O) groups is 2. The summed E-state index contributed by atoms with van der Waals surface area (Å²) in [7, 11) is 0. The van der Waals surface area contributed by atoms with E-state index in [2.05, 4.69) is 10.3 Å². The van der Waals surface area contributed by atoms with E-state index in [9.17, 15) is 9.59 Å². The second kappa shape index (κ2) is 6.61. The molecule has 0 bridgehead atoms. The first kappa shape index (κ1) is 13.2. The van der Waals surface area contributed by atoms with E-state index in [1.807, 2.05) is 30.3 Å². The second-order valence-electron chi connectivity index (χ2n) is 3.61. The lowest BCUT2D eigenvalue weighted by Gasteiger charge is -2.04. The fraction of sp³-hybridized carbons (Fsp3) is 0.250. The minimum atomic E-state index is -0.118. The van der Waals surface area contributed by atoms with Crippen molar-refractivity contribution in [3.05, 3.63) is 35.9 Å². The summed E-state index contributed by atoms with van der Waals surface area (Å²) in [6, 6.07) is 9.73. The normalized spacial score (nSPS) is 14.4. The van der Waals surface area contributed by atoms with Crippen LogP contribution in [0.5, 0.6) is 0 Å². The molecule has 2 amide bonds. The lowest BCUT2D eigenvalue weighted by atomic mass is 10.2. The van der Waals surface area contributed by atoms with Crippen LogP contribution in [-0.2, 0) is 16.1 Å². The number of hydrogen-bond acceptors (Lipinski definition) is 4. The van der Waals surface area contributed by atoms with Crippen molar-refractivity contribution in [3.63, 3.8) is 0 Å². The Hall–Kier alpha value is -1.27. The third kappa shape index (κ3) is 4.19. The highest BCUT2D eigenvalue weighted by molar-refractivity contribution is 8.39. The number of carbonyl (C=O) groups excluding carboxylic acids is 2. The highest BCUT2D eigenvalue weighted by Gasteiger charge is 2.16. The van der Waals surface area contributed by atoms with Crippen molar-refractivity contribution >= 4 is 39.7 Å². The average Bonchev–Trinajstić information content (AvgIpc) is 2.81. The van der Waals surface area contributed by atoms with E-state index in [4.69, 9.17) is 0 Å². The summed E-state index contributed by atoms with van der Waals surface area (Å²) in [4.78, 5) is 26.3. The van der Waals surface area contributed by atoms with Gasteiger partial charge in [-0.05, 0) is 5.56 Å². The maximum atomic E-state index is 11.6. The molecule has 0 unspecified atom stereocenters. The van der Waals surface area contributed by atoms with Crippen molar-refractivity contribution < 1.29 is 9.59 Å². The molecule has 1 heterocycles. The zero-order valence-electron chi connectivity index (χ0n) is 9.59. The Labute approximate surface area is 114 Å². The molecule has 6 heteroatoms. The summed E-state index contributed by atoms with van der Waals surface area (Å²) in [5.41, 5.74) is 1.07. The fourth-order valence-corrected chi connectivity index (χ4v) is 3.03. The van der Waals surface area contributed by atoms with Crippen molar-refractivity contribution in [2.24, 2.45) is 4.99 Å². The van der Waals surface area contributed by atoms with Crippen LogP contribution >= 0.6 is 23.5 Å². The first-order chi connectivity index (χ1) is 8.74. The molecule has 0 aromatic heterocycles. The lowest BCUT2D eigenvalue weighted by molar-refractivity contribution is -0.118. The van der Waals surface area contributed by atoms with E-state index in [-0.39, 0.29) is 11.8 Å². The van der Waals surface area contributed by atoms with Gasteiger partial charge in [-0.25, -0.2) is 0 Å². The number of nitrogens with zero attached hydrogens (tertiary/aromatic N) is 1. The molecule has 0 saturated heterocycles. The molecule has 4 nitrogen and oxygen atoms in total. The van der Waals surface area contributed by atoms with Gasteiger partial charge in [0.05, 0.1) is 11.5 Å². The quantitative estimate of drug-likeness (QED) is 0.911. The van der Waals surface area contributed by atoms with Crippen LogP contribution in [0.15, 0.2) is 35.3 Å². The van der Waals surface area contributed by atoms with Crippen molar-refractivity contribution in [3.8, 4) is 0 Å². The van der Waals surface area contributed by atoms with Gasteiger partial charge in [0.2, 0.25) is 5.91 Å². The monoisotopic (exact) mass is 280 g/mol. The van der Waals surface area contributed by atoms with Crippen LogP contribution in [0.25, 0.3) is 0 Å². The summed E-state index contributed by atoms with van der Waals surface area (Å²) < 4.78 is 0.690. The van der Waals surface area contributed by atoms with E-state index in [1.54, 1.807) is 0 Å². The standard InChI is InChI=1S/C12H12N2O2S2/c15-10(7-17-12-14-11(16)8-18-12)13-6-9-4-2-1-3-5-9/h1-5H,6-8H2,(H,13,15). The highest BCUT2D eigenvalue weighted by Crippen LogP contribution is 2.22. The summed E-state index contributed by atoms with van der Waals surface area (Å²) in [6.45, 7) is 0.527. The molecule has 1 aliphatic heterocycles. The first-order valence-electron chi connectivity index (χ1n) is 5.42. The molecular formula is C12H12N2O2S2. The SMILES string of the molecule is O=C1CSC(SCC(=O)NCc2ccccc2)=N1. The van der Waals surface area contributed by atoms with Crippen molar-refractivity contribution in [1.82, 2.24) is 5.32 Å². The van der Waals surface area contributed by atoms with E-state index in [1.165, 1.54) is 23.5 Å². The molecule has 1 aliphatic rings. The molecule has 0 fully saturated rings. The number of benzene rings is 1. The molecule has 18 heavy (non-hydrogen) atoms. The summed E-state index contributed by atoms with van der Waals surface area (Å²) in [5.74, 6) is 0.526. The van der Waals surface area contributed by atoms with Crippen molar-refractivity contribution in [2.45, 2.75) is 6.54 Å². The second-order valence-corrected chi connectivity index (χ2v) is 5.80. The molecule has 0 spiro atoms. The Morgan fingerprint density at radius 2 is 2.17 bits per heavy atom. The number of thioether (sulfide) groups is 2. The molecule has 1 aromatic rings. The van der Waals surface area contributed by atoms with Gasteiger partial charge < -0.3 is 5.32 Å². The van der Waals surface area contributed by atoms with Crippen molar-refractivity contribution in [1.29, 1.82) is 0 Å². The highest BCUT2D eigenvalue weighted by atomic mass is 32.2. The number of hydrogen-bond donors (Lipinski definition) is 1. The van der Waals surface area contributed by atoms with Crippen LogP contribution < -0.4 is 5.32 Å². The average molecular weight is 280 g/mol. The smallest absolute Gasteiger partial charge is 0.257 e. The molecule has 0 atom stereocenters. The summed E-state index contributed by atoms with van der Waals surface area (Å²) >= 11 is 2.70. The van der Waals surface area contributed by atoms with Crippen LogP contribution in [0.2, 0.25) is 0 Å². The largest absolute Gasteiger partial charge is 0.351 e. The van der Waals surface area contributed by atoms with Gasteiger partial charge in [0.1, 0.15) is 4.38 Å². The topological polar surface area (TPSA) is 58.5 Å². The number of rotatable bonds is 4. The minimum absolute atomic E-state index is 0.0495. The van der Waals surface area contributed by atoms with E-state index in [0.717, 1.165) is 5.56 Å². The van der Waals surface area contributed by atoms with Crippen LogP contribution in [0.1, 0.15) is 5.56 Å². The van der Waals surface area contributed by atoms with Gasteiger partial charge in [0.15, 0.2) is 0 Å². The van der Waals surface area contributed by atoms with Gasteiger partial charge in [-0.3, -0.25) is 9.59 Å². The van der Waals surface area contributed by atoms with E-state index in [0.29, 0.717) is 22.4 Å². The fourth-order valence-electron chi connectivity index (χ4n) is 1.34.